The van der Waals surface area contributed by atoms with Crippen molar-refractivity contribution < 1.29 is 5.11 Å². The molecule has 4 nitrogen and oxygen atoms in total. The van der Waals surface area contributed by atoms with Gasteiger partial charge in [-0.05, 0) is 49.7 Å². The summed E-state index contributed by atoms with van der Waals surface area (Å²) < 4.78 is 3.01. The van der Waals surface area contributed by atoms with E-state index >= 15 is 0 Å². The van der Waals surface area contributed by atoms with Crippen LogP contribution in [0, 0.1) is 6.92 Å². The predicted octanol–water partition coefficient (Wildman–Crippen LogP) is 3.73. The molecule has 21 heavy (non-hydrogen) atoms. The second-order valence-electron chi connectivity index (χ2n) is 5.11. The van der Waals surface area contributed by atoms with Crippen LogP contribution in [-0.2, 0) is 0 Å². The average Bonchev–Trinajstić information content (AvgIpc) is 2.80. The highest BCUT2D eigenvalue weighted by Gasteiger charge is 2.18. The smallest absolute Gasteiger partial charge is 0.143 e. The maximum absolute atomic E-state index is 10.1. The Hall–Kier alpha value is -1.85. The molecule has 3 N–H and O–H groups in total. The third-order valence-corrected chi connectivity index (χ3v) is 4.42. The van der Waals surface area contributed by atoms with Crippen molar-refractivity contribution in [1.29, 1.82) is 0 Å². The molecule has 0 aliphatic rings. The molecule has 3 aromatic rings. The number of fused-ring (bicyclic) bond motifs is 1. The highest BCUT2D eigenvalue weighted by atomic mass is 79.9. The van der Waals surface area contributed by atoms with E-state index in [0.717, 1.165) is 26.8 Å². The van der Waals surface area contributed by atoms with Crippen molar-refractivity contribution in [2.45, 2.75) is 20.0 Å². The number of anilines is 1. The average molecular weight is 346 g/mol. The molecule has 108 valence electrons. The summed E-state index contributed by atoms with van der Waals surface area (Å²) in [5, 5.41) is 10.1. The van der Waals surface area contributed by atoms with E-state index in [9.17, 15) is 5.11 Å². The van der Waals surface area contributed by atoms with Gasteiger partial charge in [-0.3, -0.25) is 4.57 Å². The van der Waals surface area contributed by atoms with Gasteiger partial charge in [-0.25, -0.2) is 4.98 Å². The maximum Gasteiger partial charge on any atom is 0.143 e. The van der Waals surface area contributed by atoms with Crippen molar-refractivity contribution in [2.75, 3.05) is 5.73 Å². The number of nitrogen functional groups attached to an aromatic ring is 1. The van der Waals surface area contributed by atoms with Crippen molar-refractivity contribution in [3.63, 3.8) is 0 Å². The largest absolute Gasteiger partial charge is 0.399 e. The number of benzene rings is 2. The number of nitrogens with two attached hydrogens (primary N) is 1. The predicted molar refractivity (Wildman–Crippen MR) is 88.6 cm³/mol. The van der Waals surface area contributed by atoms with Gasteiger partial charge in [0.05, 0.1) is 16.7 Å². The molecule has 0 amide bonds. The fraction of sp³-hybridized carbons (Fsp3) is 0.188. The van der Waals surface area contributed by atoms with Crippen molar-refractivity contribution >= 4 is 32.7 Å². The van der Waals surface area contributed by atoms with Crippen LogP contribution in [0.3, 0.4) is 0 Å². The van der Waals surface area contributed by atoms with Crippen LogP contribution in [-0.4, -0.2) is 14.7 Å². The van der Waals surface area contributed by atoms with Crippen LogP contribution in [0.15, 0.2) is 40.9 Å². The zero-order valence-electron chi connectivity index (χ0n) is 11.8. The van der Waals surface area contributed by atoms with Crippen LogP contribution in [0.5, 0.6) is 0 Å². The topological polar surface area (TPSA) is 64.1 Å². The second-order valence-corrected chi connectivity index (χ2v) is 5.97. The Balaban J connectivity index is 2.39. The molecule has 0 aliphatic heterocycles. The van der Waals surface area contributed by atoms with Gasteiger partial charge in [-0.1, -0.05) is 22.0 Å². The number of aliphatic hydroxyl groups excluding tert-OH is 1. The molecular formula is C16H16BrN3O. The van der Waals surface area contributed by atoms with E-state index in [2.05, 4.69) is 20.9 Å². The lowest BCUT2D eigenvalue weighted by molar-refractivity contribution is 0.187. The van der Waals surface area contributed by atoms with E-state index in [1.807, 2.05) is 47.9 Å². The first kappa shape index (κ1) is 14.1. The first-order valence-corrected chi connectivity index (χ1v) is 7.49. The highest BCUT2D eigenvalue weighted by molar-refractivity contribution is 9.10. The Kier molecular flexibility index (Phi) is 3.47. The summed E-state index contributed by atoms with van der Waals surface area (Å²) in [6, 6.07) is 11.6. The standard InChI is InChI=1S/C16H16BrN3O/c1-9-12(17)4-3-5-14(9)20-15-7-6-11(18)8-13(15)19-16(20)10(2)21/h3-8,10,21H,18H2,1-2H3. The van der Waals surface area contributed by atoms with Gasteiger partial charge in [-0.2, -0.15) is 0 Å². The Bertz CT molecular complexity index is 824. The monoisotopic (exact) mass is 345 g/mol. The molecule has 0 saturated heterocycles. The van der Waals surface area contributed by atoms with Gasteiger partial charge < -0.3 is 10.8 Å². The normalized spacial score (nSPS) is 12.8. The molecule has 1 aromatic heterocycles. The molecule has 1 atom stereocenters. The summed E-state index contributed by atoms with van der Waals surface area (Å²) in [6.45, 7) is 3.75. The third kappa shape index (κ3) is 2.32. The van der Waals surface area contributed by atoms with E-state index in [1.165, 1.54) is 0 Å². The Labute approximate surface area is 131 Å². The summed E-state index contributed by atoms with van der Waals surface area (Å²) >= 11 is 3.55. The SMILES string of the molecule is Cc1c(Br)cccc1-n1c(C(C)O)nc2cc(N)ccc21. The minimum Gasteiger partial charge on any atom is -0.399 e. The molecule has 0 aliphatic carbocycles. The van der Waals surface area contributed by atoms with Gasteiger partial charge in [0.1, 0.15) is 11.9 Å². The number of aromatic nitrogens is 2. The lowest BCUT2D eigenvalue weighted by atomic mass is 10.2. The summed E-state index contributed by atoms with van der Waals surface area (Å²) in [6.07, 6.45) is -0.669. The van der Waals surface area contributed by atoms with Crippen molar-refractivity contribution in [1.82, 2.24) is 9.55 Å². The molecule has 5 heteroatoms. The second kappa shape index (κ2) is 5.16. The molecule has 3 rings (SSSR count). The minimum atomic E-state index is -0.669. The number of aliphatic hydroxyl groups is 1. The van der Waals surface area contributed by atoms with Gasteiger partial charge in [-0.15, -0.1) is 0 Å². The Morgan fingerprint density at radius 3 is 2.76 bits per heavy atom. The molecule has 0 spiro atoms. The minimum absolute atomic E-state index is 0.608. The zero-order valence-corrected chi connectivity index (χ0v) is 13.4. The zero-order chi connectivity index (χ0) is 15.1. The van der Waals surface area contributed by atoms with Crippen LogP contribution in [0.1, 0.15) is 24.4 Å². The molecule has 1 unspecified atom stereocenters. The number of halogens is 1. The fourth-order valence-electron chi connectivity index (χ4n) is 2.49. The molecule has 0 saturated carbocycles. The molecular weight excluding hydrogens is 330 g/mol. The molecule has 1 heterocycles. The van der Waals surface area contributed by atoms with Crippen LogP contribution >= 0.6 is 15.9 Å². The van der Waals surface area contributed by atoms with E-state index in [4.69, 9.17) is 5.73 Å². The maximum atomic E-state index is 10.1. The van der Waals surface area contributed by atoms with Crippen molar-refractivity contribution in [3.05, 3.63) is 52.3 Å². The quantitative estimate of drug-likeness (QED) is 0.695. The number of nitrogens with zero attached hydrogens (tertiary/aromatic N) is 2. The van der Waals surface area contributed by atoms with E-state index < -0.39 is 6.10 Å². The molecule has 0 radical (unpaired) electrons. The van der Waals surface area contributed by atoms with Crippen LogP contribution < -0.4 is 5.73 Å². The first-order valence-electron chi connectivity index (χ1n) is 6.70. The highest BCUT2D eigenvalue weighted by Crippen LogP contribution is 2.30. The van der Waals surface area contributed by atoms with Crippen molar-refractivity contribution in [2.24, 2.45) is 0 Å². The van der Waals surface area contributed by atoms with Gasteiger partial charge in [0, 0.05) is 10.2 Å². The third-order valence-electron chi connectivity index (χ3n) is 3.56. The van der Waals surface area contributed by atoms with E-state index in [0.29, 0.717) is 11.5 Å². The van der Waals surface area contributed by atoms with Crippen LogP contribution in [0.25, 0.3) is 16.7 Å². The summed E-state index contributed by atoms with van der Waals surface area (Å²) in [5.41, 5.74) is 10.3. The Morgan fingerprint density at radius 2 is 2.05 bits per heavy atom. The van der Waals surface area contributed by atoms with Crippen LogP contribution in [0.2, 0.25) is 0 Å². The Morgan fingerprint density at radius 1 is 1.29 bits per heavy atom. The van der Waals surface area contributed by atoms with Gasteiger partial charge in [0.2, 0.25) is 0 Å². The molecule has 0 fully saturated rings. The van der Waals surface area contributed by atoms with Crippen molar-refractivity contribution in [3.8, 4) is 5.69 Å². The number of imidazole rings is 1. The fourth-order valence-corrected chi connectivity index (χ4v) is 2.84. The number of hydrogen-bond acceptors (Lipinski definition) is 3. The molecule has 2 aromatic carbocycles. The number of rotatable bonds is 2. The first-order chi connectivity index (χ1) is 9.99. The summed E-state index contributed by atoms with van der Waals surface area (Å²) in [4.78, 5) is 4.54. The summed E-state index contributed by atoms with van der Waals surface area (Å²) in [7, 11) is 0. The van der Waals surface area contributed by atoms with E-state index in [1.54, 1.807) is 6.92 Å². The summed E-state index contributed by atoms with van der Waals surface area (Å²) in [5.74, 6) is 0.608. The van der Waals surface area contributed by atoms with Gasteiger partial charge in [0.25, 0.3) is 0 Å². The van der Waals surface area contributed by atoms with E-state index in [-0.39, 0.29) is 0 Å². The molecule has 0 bridgehead atoms. The number of hydrogen-bond donors (Lipinski definition) is 2. The lowest BCUT2D eigenvalue weighted by Crippen LogP contribution is -2.06. The van der Waals surface area contributed by atoms with Gasteiger partial charge >= 0.3 is 0 Å². The van der Waals surface area contributed by atoms with Crippen LogP contribution in [0.4, 0.5) is 5.69 Å². The lowest BCUT2D eigenvalue weighted by Gasteiger charge is -2.14. The van der Waals surface area contributed by atoms with Gasteiger partial charge in [0.15, 0.2) is 0 Å².